The molecule has 1 aliphatic rings. The van der Waals surface area contributed by atoms with E-state index in [4.69, 9.17) is 15.7 Å². The molecule has 1 saturated heterocycles. The Hall–Kier alpha value is -1.61. The molecular formula is C16H23N3O2. The lowest BCUT2D eigenvalue weighted by Gasteiger charge is -2.34. The van der Waals surface area contributed by atoms with Crippen LogP contribution in [0.4, 0.5) is 5.69 Å². The number of nitrogens with two attached hydrogens (primary N) is 1. The van der Waals surface area contributed by atoms with E-state index < -0.39 is 5.60 Å². The van der Waals surface area contributed by atoms with Crippen molar-refractivity contribution in [1.82, 2.24) is 4.90 Å². The van der Waals surface area contributed by atoms with Crippen molar-refractivity contribution in [2.45, 2.75) is 38.5 Å². The number of ether oxygens (including phenoxy) is 1. The first-order valence-electron chi connectivity index (χ1n) is 7.36. The number of hydrogen-bond donors (Lipinski definition) is 2. The number of aliphatic hydroxyl groups is 1. The SMILES string of the molecule is CCN(CC(C)(O)c1ccc(N)c(C#N)c1)C1CCCO1. The Bertz CT molecular complexity index is 531. The van der Waals surface area contributed by atoms with Crippen LogP contribution in [0.1, 0.15) is 37.8 Å². The van der Waals surface area contributed by atoms with Crippen molar-refractivity contribution in [2.75, 3.05) is 25.4 Å². The number of anilines is 1. The lowest BCUT2D eigenvalue weighted by Crippen LogP contribution is -2.44. The summed E-state index contributed by atoms with van der Waals surface area (Å²) in [7, 11) is 0. The Labute approximate surface area is 125 Å². The van der Waals surface area contributed by atoms with Gasteiger partial charge in [-0.2, -0.15) is 5.26 Å². The second-order valence-corrected chi connectivity index (χ2v) is 5.72. The van der Waals surface area contributed by atoms with Crippen molar-refractivity contribution in [3.8, 4) is 6.07 Å². The fourth-order valence-corrected chi connectivity index (χ4v) is 2.74. The number of likely N-dealkylation sites (N-methyl/N-ethyl adjacent to an activating group) is 1. The molecule has 1 aromatic carbocycles. The van der Waals surface area contributed by atoms with Crippen LogP contribution in [0.3, 0.4) is 0 Å². The van der Waals surface area contributed by atoms with Crippen LogP contribution in [-0.2, 0) is 10.3 Å². The van der Waals surface area contributed by atoms with Gasteiger partial charge in [0, 0.05) is 18.8 Å². The van der Waals surface area contributed by atoms with E-state index in [9.17, 15) is 5.11 Å². The zero-order valence-electron chi connectivity index (χ0n) is 12.7. The molecule has 1 aromatic rings. The smallest absolute Gasteiger partial charge is 0.110 e. The summed E-state index contributed by atoms with van der Waals surface area (Å²) in [5.74, 6) is 0. The van der Waals surface area contributed by atoms with Crippen LogP contribution in [0.2, 0.25) is 0 Å². The van der Waals surface area contributed by atoms with Gasteiger partial charge in [-0.1, -0.05) is 13.0 Å². The van der Waals surface area contributed by atoms with Crippen LogP contribution in [0, 0.1) is 11.3 Å². The predicted octanol–water partition coefficient (Wildman–Crippen LogP) is 1.81. The highest BCUT2D eigenvalue weighted by atomic mass is 16.5. The van der Waals surface area contributed by atoms with Crippen molar-refractivity contribution in [3.05, 3.63) is 29.3 Å². The topological polar surface area (TPSA) is 82.5 Å². The van der Waals surface area contributed by atoms with Gasteiger partial charge in [0.15, 0.2) is 0 Å². The molecule has 0 bridgehead atoms. The first-order valence-corrected chi connectivity index (χ1v) is 7.36. The summed E-state index contributed by atoms with van der Waals surface area (Å²) < 4.78 is 5.69. The summed E-state index contributed by atoms with van der Waals surface area (Å²) in [6.07, 6.45) is 2.13. The lowest BCUT2D eigenvalue weighted by molar-refractivity contribution is -0.0661. The van der Waals surface area contributed by atoms with Crippen LogP contribution < -0.4 is 5.73 Å². The molecule has 5 nitrogen and oxygen atoms in total. The Balaban J connectivity index is 2.18. The number of hydrogen-bond acceptors (Lipinski definition) is 5. The minimum atomic E-state index is -1.05. The quantitative estimate of drug-likeness (QED) is 0.808. The van der Waals surface area contributed by atoms with Crippen LogP contribution in [-0.4, -0.2) is 35.9 Å². The number of benzene rings is 1. The predicted molar refractivity (Wildman–Crippen MR) is 81.4 cm³/mol. The summed E-state index contributed by atoms with van der Waals surface area (Å²) >= 11 is 0. The van der Waals surface area contributed by atoms with E-state index in [0.717, 1.165) is 26.0 Å². The Kier molecular flexibility index (Phi) is 4.84. The second kappa shape index (κ2) is 6.44. The van der Waals surface area contributed by atoms with E-state index in [1.165, 1.54) is 0 Å². The van der Waals surface area contributed by atoms with Gasteiger partial charge in [-0.05, 0) is 44.0 Å². The molecule has 1 heterocycles. The van der Waals surface area contributed by atoms with Gasteiger partial charge in [-0.15, -0.1) is 0 Å². The normalized spacial score (nSPS) is 21.2. The molecule has 2 atom stereocenters. The summed E-state index contributed by atoms with van der Waals surface area (Å²) in [6, 6.07) is 7.17. The standard InChI is InChI=1S/C16H23N3O2/c1-3-19(15-5-4-8-21-15)11-16(2,20)13-6-7-14(18)12(9-13)10-17/h6-7,9,15,20H,3-5,8,11,18H2,1-2H3. The lowest BCUT2D eigenvalue weighted by atomic mass is 9.93. The van der Waals surface area contributed by atoms with Crippen molar-refractivity contribution >= 4 is 5.69 Å². The molecule has 3 N–H and O–H groups in total. The van der Waals surface area contributed by atoms with E-state index in [1.807, 2.05) is 0 Å². The van der Waals surface area contributed by atoms with Crippen LogP contribution in [0.25, 0.3) is 0 Å². The van der Waals surface area contributed by atoms with E-state index in [0.29, 0.717) is 23.4 Å². The number of nitrogen functional groups attached to an aromatic ring is 1. The first kappa shape index (κ1) is 15.8. The average molecular weight is 289 g/mol. The van der Waals surface area contributed by atoms with Crippen LogP contribution in [0.15, 0.2) is 18.2 Å². The fourth-order valence-electron chi connectivity index (χ4n) is 2.74. The molecule has 0 amide bonds. The molecule has 0 saturated carbocycles. The van der Waals surface area contributed by atoms with Gasteiger partial charge in [0.05, 0.1) is 11.2 Å². The maximum atomic E-state index is 10.8. The first-order chi connectivity index (χ1) is 9.97. The van der Waals surface area contributed by atoms with Crippen molar-refractivity contribution in [3.63, 3.8) is 0 Å². The van der Waals surface area contributed by atoms with Gasteiger partial charge in [-0.3, -0.25) is 4.90 Å². The minimum Gasteiger partial charge on any atom is -0.398 e. The molecule has 0 aromatic heterocycles. The Morgan fingerprint density at radius 1 is 1.57 bits per heavy atom. The van der Waals surface area contributed by atoms with Crippen molar-refractivity contribution in [2.24, 2.45) is 0 Å². The second-order valence-electron chi connectivity index (χ2n) is 5.72. The molecule has 1 aliphatic heterocycles. The third-order valence-electron chi connectivity index (χ3n) is 4.03. The molecule has 2 unspecified atom stereocenters. The van der Waals surface area contributed by atoms with Crippen LogP contribution >= 0.6 is 0 Å². The fraction of sp³-hybridized carbons (Fsp3) is 0.562. The summed E-state index contributed by atoms with van der Waals surface area (Å²) in [5.41, 5.74) is 6.21. The number of nitrogens with zero attached hydrogens (tertiary/aromatic N) is 2. The highest BCUT2D eigenvalue weighted by Crippen LogP contribution is 2.27. The maximum Gasteiger partial charge on any atom is 0.110 e. The molecule has 0 aliphatic carbocycles. The average Bonchev–Trinajstić information content (AvgIpc) is 2.99. The van der Waals surface area contributed by atoms with Gasteiger partial charge < -0.3 is 15.6 Å². The maximum absolute atomic E-state index is 10.8. The minimum absolute atomic E-state index is 0.0747. The zero-order valence-corrected chi connectivity index (χ0v) is 12.7. The van der Waals surface area contributed by atoms with E-state index in [2.05, 4.69) is 17.9 Å². The van der Waals surface area contributed by atoms with Crippen molar-refractivity contribution < 1.29 is 9.84 Å². The highest BCUT2D eigenvalue weighted by Gasteiger charge is 2.31. The molecule has 5 heteroatoms. The largest absolute Gasteiger partial charge is 0.398 e. The summed E-state index contributed by atoms with van der Waals surface area (Å²) in [6.45, 7) is 5.87. The molecular weight excluding hydrogens is 266 g/mol. The van der Waals surface area contributed by atoms with Gasteiger partial charge >= 0.3 is 0 Å². The summed E-state index contributed by atoms with van der Waals surface area (Å²) in [4.78, 5) is 2.13. The molecule has 0 radical (unpaired) electrons. The van der Waals surface area contributed by atoms with Crippen molar-refractivity contribution in [1.29, 1.82) is 5.26 Å². The van der Waals surface area contributed by atoms with Gasteiger partial charge in [0.1, 0.15) is 12.3 Å². The van der Waals surface area contributed by atoms with Crippen LogP contribution in [0.5, 0.6) is 0 Å². The van der Waals surface area contributed by atoms with Gasteiger partial charge in [0.2, 0.25) is 0 Å². The molecule has 114 valence electrons. The molecule has 2 rings (SSSR count). The number of nitriles is 1. The Morgan fingerprint density at radius 3 is 2.90 bits per heavy atom. The third kappa shape index (κ3) is 3.53. The zero-order chi connectivity index (χ0) is 15.5. The molecule has 0 spiro atoms. The Morgan fingerprint density at radius 2 is 2.33 bits per heavy atom. The third-order valence-corrected chi connectivity index (χ3v) is 4.03. The molecule has 1 fully saturated rings. The van der Waals surface area contributed by atoms with E-state index in [1.54, 1.807) is 25.1 Å². The van der Waals surface area contributed by atoms with Gasteiger partial charge in [0.25, 0.3) is 0 Å². The van der Waals surface area contributed by atoms with Gasteiger partial charge in [-0.25, -0.2) is 0 Å². The highest BCUT2D eigenvalue weighted by molar-refractivity contribution is 5.55. The van der Waals surface area contributed by atoms with E-state index >= 15 is 0 Å². The molecule has 21 heavy (non-hydrogen) atoms. The monoisotopic (exact) mass is 289 g/mol. The van der Waals surface area contributed by atoms with E-state index in [-0.39, 0.29) is 6.23 Å². The number of rotatable bonds is 5. The summed E-state index contributed by atoms with van der Waals surface area (Å²) in [5, 5.41) is 19.9.